The summed E-state index contributed by atoms with van der Waals surface area (Å²) < 4.78 is 5.92. The van der Waals surface area contributed by atoms with E-state index in [2.05, 4.69) is 24.3 Å². The summed E-state index contributed by atoms with van der Waals surface area (Å²) in [5.74, 6) is 0.640. The van der Waals surface area contributed by atoms with Gasteiger partial charge in [0, 0.05) is 0 Å². The van der Waals surface area contributed by atoms with Gasteiger partial charge in [0.1, 0.15) is 0 Å². The smallest absolute Gasteiger partial charge is 0.0830 e. The second-order valence-electron chi connectivity index (χ2n) is 5.38. The fourth-order valence-electron chi connectivity index (χ4n) is 3.24. The van der Waals surface area contributed by atoms with Crippen LogP contribution in [0.25, 0.3) is 0 Å². The largest absolute Gasteiger partial charge is 0.393 e. The van der Waals surface area contributed by atoms with Crippen LogP contribution in [0.15, 0.2) is 24.3 Å². The molecule has 92 valence electrons. The Morgan fingerprint density at radius 2 is 2.12 bits per heavy atom. The lowest BCUT2D eigenvalue weighted by Gasteiger charge is -2.28. The lowest BCUT2D eigenvalue weighted by atomic mass is 9.90. The summed E-state index contributed by atoms with van der Waals surface area (Å²) in [6.45, 7) is 0.844. The molecule has 2 nitrogen and oxygen atoms in total. The highest BCUT2D eigenvalue weighted by molar-refractivity contribution is 5.30. The Labute approximate surface area is 103 Å². The zero-order valence-electron chi connectivity index (χ0n) is 10.1. The van der Waals surface area contributed by atoms with Crippen molar-refractivity contribution in [1.29, 1.82) is 0 Å². The van der Waals surface area contributed by atoms with Gasteiger partial charge in [0.25, 0.3) is 0 Å². The van der Waals surface area contributed by atoms with E-state index >= 15 is 0 Å². The fraction of sp³-hybridized carbons (Fsp3) is 0.600. The third-order valence-electron chi connectivity index (χ3n) is 4.15. The molecule has 0 radical (unpaired) electrons. The van der Waals surface area contributed by atoms with Gasteiger partial charge in [-0.2, -0.15) is 0 Å². The molecule has 1 heterocycles. The number of hydrogen-bond acceptors (Lipinski definition) is 2. The molecule has 3 rings (SSSR count). The monoisotopic (exact) mass is 232 g/mol. The van der Waals surface area contributed by atoms with E-state index in [9.17, 15) is 5.11 Å². The molecule has 0 spiro atoms. The third kappa shape index (κ3) is 2.38. The highest BCUT2D eigenvalue weighted by atomic mass is 16.5. The van der Waals surface area contributed by atoms with E-state index < -0.39 is 0 Å². The first-order valence-electron chi connectivity index (χ1n) is 6.70. The topological polar surface area (TPSA) is 29.5 Å². The minimum absolute atomic E-state index is 0.0705. The van der Waals surface area contributed by atoms with Crippen molar-refractivity contribution in [3.8, 4) is 0 Å². The molecule has 1 aromatic rings. The molecule has 0 amide bonds. The van der Waals surface area contributed by atoms with Gasteiger partial charge >= 0.3 is 0 Å². The Balaban J connectivity index is 1.72. The van der Waals surface area contributed by atoms with E-state index in [1.165, 1.54) is 11.1 Å². The number of aliphatic hydroxyl groups is 1. The zero-order chi connectivity index (χ0) is 11.7. The Morgan fingerprint density at radius 1 is 1.24 bits per heavy atom. The van der Waals surface area contributed by atoms with E-state index in [-0.39, 0.29) is 12.2 Å². The van der Waals surface area contributed by atoms with Gasteiger partial charge in [-0.05, 0) is 49.1 Å². The first-order valence-corrected chi connectivity index (χ1v) is 6.70. The van der Waals surface area contributed by atoms with Gasteiger partial charge in [0.2, 0.25) is 0 Å². The Hall–Kier alpha value is -0.860. The van der Waals surface area contributed by atoms with Crippen LogP contribution in [0.5, 0.6) is 0 Å². The highest BCUT2D eigenvalue weighted by Gasteiger charge is 2.28. The predicted molar refractivity (Wildman–Crippen MR) is 66.8 cm³/mol. The number of fused-ring (bicyclic) bond motifs is 1. The van der Waals surface area contributed by atoms with Crippen molar-refractivity contribution in [3.05, 3.63) is 35.4 Å². The van der Waals surface area contributed by atoms with Crippen LogP contribution in [0, 0.1) is 5.92 Å². The lowest BCUT2D eigenvalue weighted by molar-refractivity contribution is 0.0245. The number of benzene rings is 1. The number of aliphatic hydroxyl groups excluding tert-OH is 1. The van der Waals surface area contributed by atoms with Crippen LogP contribution >= 0.6 is 0 Å². The van der Waals surface area contributed by atoms with E-state index in [0.29, 0.717) is 5.92 Å². The minimum atomic E-state index is -0.0705. The molecule has 3 atom stereocenters. The second kappa shape index (κ2) is 4.79. The molecule has 1 saturated carbocycles. The van der Waals surface area contributed by atoms with Crippen LogP contribution in [0.4, 0.5) is 0 Å². The van der Waals surface area contributed by atoms with Crippen LogP contribution in [-0.2, 0) is 11.2 Å². The molecule has 0 aromatic heterocycles. The maximum Gasteiger partial charge on any atom is 0.0830 e. The molecule has 1 fully saturated rings. The number of ether oxygens (including phenoxy) is 1. The van der Waals surface area contributed by atoms with Crippen molar-refractivity contribution in [3.63, 3.8) is 0 Å². The quantitative estimate of drug-likeness (QED) is 0.849. The average Bonchev–Trinajstić information content (AvgIpc) is 2.75. The Morgan fingerprint density at radius 3 is 2.94 bits per heavy atom. The van der Waals surface area contributed by atoms with Gasteiger partial charge < -0.3 is 9.84 Å². The number of hydrogen-bond donors (Lipinski definition) is 1. The summed E-state index contributed by atoms with van der Waals surface area (Å²) in [6.07, 6.45) is 5.40. The van der Waals surface area contributed by atoms with E-state index in [4.69, 9.17) is 4.74 Å². The van der Waals surface area contributed by atoms with Crippen molar-refractivity contribution in [2.24, 2.45) is 5.92 Å². The van der Waals surface area contributed by atoms with Crippen molar-refractivity contribution in [2.75, 3.05) is 6.61 Å². The van der Waals surface area contributed by atoms with E-state index in [1.54, 1.807) is 0 Å². The maximum atomic E-state index is 9.58. The highest BCUT2D eigenvalue weighted by Crippen LogP contribution is 2.37. The zero-order valence-corrected chi connectivity index (χ0v) is 10.1. The minimum Gasteiger partial charge on any atom is -0.393 e. The van der Waals surface area contributed by atoms with Gasteiger partial charge in [-0.15, -0.1) is 0 Å². The first-order chi connectivity index (χ1) is 8.33. The molecule has 17 heavy (non-hydrogen) atoms. The SMILES string of the molecule is OC1CCC(CC2OCCc3ccccc32)C1. The molecule has 0 saturated heterocycles. The predicted octanol–water partition coefficient (Wildman–Crippen LogP) is 2.85. The van der Waals surface area contributed by atoms with Gasteiger partial charge in [0.15, 0.2) is 0 Å². The lowest BCUT2D eigenvalue weighted by Crippen LogP contribution is -2.18. The molecule has 0 bridgehead atoms. The normalized spacial score (nSPS) is 32.4. The standard InChI is InChI=1S/C15H20O2/c16-13-6-5-11(9-13)10-15-14-4-2-1-3-12(14)7-8-17-15/h1-4,11,13,15-16H,5-10H2. The van der Waals surface area contributed by atoms with Crippen molar-refractivity contribution in [1.82, 2.24) is 0 Å². The van der Waals surface area contributed by atoms with Crippen molar-refractivity contribution in [2.45, 2.75) is 44.3 Å². The molecule has 2 heteroatoms. The number of rotatable bonds is 2. The average molecular weight is 232 g/mol. The van der Waals surface area contributed by atoms with Gasteiger partial charge in [-0.1, -0.05) is 24.3 Å². The molecular weight excluding hydrogens is 212 g/mol. The summed E-state index contributed by atoms with van der Waals surface area (Å²) in [4.78, 5) is 0. The van der Waals surface area contributed by atoms with Crippen LogP contribution in [0.3, 0.4) is 0 Å². The van der Waals surface area contributed by atoms with Crippen molar-refractivity contribution >= 4 is 0 Å². The fourth-order valence-corrected chi connectivity index (χ4v) is 3.24. The molecule has 1 aliphatic heterocycles. The molecule has 2 aliphatic rings. The van der Waals surface area contributed by atoms with Crippen LogP contribution in [0.2, 0.25) is 0 Å². The summed E-state index contributed by atoms with van der Waals surface area (Å²) in [6, 6.07) is 8.63. The van der Waals surface area contributed by atoms with E-state index in [1.807, 2.05) is 0 Å². The summed E-state index contributed by atoms with van der Waals surface area (Å²) in [5, 5.41) is 9.58. The summed E-state index contributed by atoms with van der Waals surface area (Å²) in [5.41, 5.74) is 2.82. The Kier molecular flexibility index (Phi) is 3.17. The molecule has 1 aliphatic carbocycles. The van der Waals surface area contributed by atoms with Crippen LogP contribution in [0.1, 0.15) is 42.9 Å². The van der Waals surface area contributed by atoms with E-state index in [0.717, 1.165) is 38.7 Å². The van der Waals surface area contributed by atoms with Crippen molar-refractivity contribution < 1.29 is 9.84 Å². The molecular formula is C15H20O2. The molecule has 1 aromatic carbocycles. The summed E-state index contributed by atoms with van der Waals surface area (Å²) >= 11 is 0. The maximum absolute atomic E-state index is 9.58. The summed E-state index contributed by atoms with van der Waals surface area (Å²) in [7, 11) is 0. The third-order valence-corrected chi connectivity index (χ3v) is 4.15. The van der Waals surface area contributed by atoms with Crippen LogP contribution < -0.4 is 0 Å². The molecule has 1 N–H and O–H groups in total. The van der Waals surface area contributed by atoms with Crippen LogP contribution in [-0.4, -0.2) is 17.8 Å². The van der Waals surface area contributed by atoms with Gasteiger partial charge in [-0.25, -0.2) is 0 Å². The Bertz CT molecular complexity index is 388. The molecule has 3 unspecified atom stereocenters. The first kappa shape index (κ1) is 11.2. The van der Waals surface area contributed by atoms with Gasteiger partial charge in [-0.3, -0.25) is 0 Å². The van der Waals surface area contributed by atoms with Gasteiger partial charge in [0.05, 0.1) is 18.8 Å². The second-order valence-corrected chi connectivity index (χ2v) is 5.38.